The summed E-state index contributed by atoms with van der Waals surface area (Å²) in [4.78, 5) is 28.1. The zero-order valence-corrected chi connectivity index (χ0v) is 19.9. The third-order valence-electron chi connectivity index (χ3n) is 4.86. The zero-order chi connectivity index (χ0) is 26.1. The number of nitrogens with two attached hydrogens (primary N) is 2. The van der Waals surface area contributed by atoms with Gasteiger partial charge in [0.05, 0.1) is 5.69 Å². The van der Waals surface area contributed by atoms with Gasteiger partial charge in [0.25, 0.3) is 5.91 Å². The van der Waals surface area contributed by atoms with Crippen molar-refractivity contribution < 1.29 is 23.1 Å². The number of aliphatic carboxylic acids is 1. The maximum absolute atomic E-state index is 12.5. The Labute approximate surface area is 208 Å². The Hall–Kier alpha value is -4.48. The van der Waals surface area contributed by atoms with E-state index in [1.165, 1.54) is 12.1 Å². The molecule has 0 bridgehead atoms. The summed E-state index contributed by atoms with van der Waals surface area (Å²) in [7, 11) is -4.00. The molecule has 36 heavy (non-hydrogen) atoms. The van der Waals surface area contributed by atoms with Gasteiger partial charge in [-0.05, 0) is 54.0 Å². The summed E-state index contributed by atoms with van der Waals surface area (Å²) in [5, 5.41) is 13.2. The molecule has 7 N–H and O–H groups in total. The number of nitrogens with zero attached hydrogens (tertiary/aromatic N) is 1. The third-order valence-corrected chi connectivity index (χ3v) is 5.97. The standard InChI is InChI=1S/C25H25N5O5S/c26-25(27)29-21-8-4-7-19(16-21)23(31)28-20-11-9-18(10-12-20)15-22(24(32)33)30-36(34,35)14-13-17-5-2-1-3-6-17/h1-14,16,22,30H,15H2,(H,28,31)(H,32,33)(H4,26,27,29). The molecule has 0 saturated heterocycles. The van der Waals surface area contributed by atoms with Crippen LogP contribution < -0.4 is 21.5 Å². The minimum atomic E-state index is -4.00. The Kier molecular flexibility index (Phi) is 8.55. The molecule has 1 unspecified atom stereocenters. The van der Waals surface area contributed by atoms with Gasteiger partial charge in [-0.2, -0.15) is 4.72 Å². The highest BCUT2D eigenvalue weighted by Crippen LogP contribution is 2.17. The molecule has 0 aliphatic carbocycles. The van der Waals surface area contributed by atoms with E-state index in [1.807, 2.05) is 0 Å². The molecule has 3 aromatic rings. The number of rotatable bonds is 10. The van der Waals surface area contributed by atoms with Crippen molar-refractivity contribution >= 4 is 45.3 Å². The molecule has 11 heteroatoms. The molecule has 1 atom stereocenters. The molecule has 1 amide bonds. The van der Waals surface area contributed by atoms with E-state index in [-0.39, 0.29) is 12.4 Å². The van der Waals surface area contributed by atoms with Gasteiger partial charge in [0.2, 0.25) is 10.0 Å². The smallest absolute Gasteiger partial charge is 0.322 e. The van der Waals surface area contributed by atoms with Gasteiger partial charge in [-0.3, -0.25) is 9.59 Å². The average Bonchev–Trinajstić information content (AvgIpc) is 2.84. The van der Waals surface area contributed by atoms with Crippen molar-refractivity contribution in [3.05, 3.63) is 101 Å². The van der Waals surface area contributed by atoms with Gasteiger partial charge in [-0.1, -0.05) is 48.5 Å². The van der Waals surface area contributed by atoms with Crippen LogP contribution in [0.1, 0.15) is 21.5 Å². The number of guanidine groups is 1. The van der Waals surface area contributed by atoms with Gasteiger partial charge in [-0.15, -0.1) is 0 Å². The second-order valence-corrected chi connectivity index (χ2v) is 9.31. The number of aliphatic imine (C=N–C) groups is 1. The lowest BCUT2D eigenvalue weighted by Gasteiger charge is -2.14. The van der Waals surface area contributed by atoms with Gasteiger partial charge in [0, 0.05) is 16.7 Å². The fraction of sp³-hybridized carbons (Fsp3) is 0.0800. The van der Waals surface area contributed by atoms with Crippen LogP contribution in [0.3, 0.4) is 0 Å². The van der Waals surface area contributed by atoms with E-state index in [1.54, 1.807) is 72.8 Å². The number of carboxylic acids is 1. The summed E-state index contributed by atoms with van der Waals surface area (Å²) in [5.74, 6) is -1.83. The van der Waals surface area contributed by atoms with Gasteiger partial charge < -0.3 is 21.9 Å². The van der Waals surface area contributed by atoms with E-state index in [0.29, 0.717) is 28.1 Å². The van der Waals surface area contributed by atoms with E-state index in [4.69, 9.17) is 11.5 Å². The molecule has 0 aliphatic rings. The van der Waals surface area contributed by atoms with E-state index in [0.717, 1.165) is 5.41 Å². The largest absolute Gasteiger partial charge is 0.480 e. The second kappa shape index (κ2) is 11.8. The lowest BCUT2D eigenvalue weighted by atomic mass is 10.1. The van der Waals surface area contributed by atoms with Crippen molar-refractivity contribution in [3.63, 3.8) is 0 Å². The first kappa shape index (κ1) is 26.1. The third kappa shape index (κ3) is 8.08. The molecule has 0 saturated carbocycles. The first-order valence-electron chi connectivity index (χ1n) is 10.7. The van der Waals surface area contributed by atoms with Crippen molar-refractivity contribution in [2.24, 2.45) is 16.5 Å². The Morgan fingerprint density at radius 2 is 1.67 bits per heavy atom. The number of nitrogens with one attached hydrogen (secondary N) is 2. The summed E-state index contributed by atoms with van der Waals surface area (Å²) < 4.78 is 26.9. The first-order chi connectivity index (χ1) is 17.1. The van der Waals surface area contributed by atoms with Crippen molar-refractivity contribution in [2.45, 2.75) is 12.5 Å². The number of sulfonamides is 1. The molecule has 3 aromatic carbocycles. The van der Waals surface area contributed by atoms with Crippen LogP contribution in [0.5, 0.6) is 0 Å². The molecule has 0 fully saturated rings. The number of anilines is 1. The monoisotopic (exact) mass is 507 g/mol. The predicted molar refractivity (Wildman–Crippen MR) is 139 cm³/mol. The maximum atomic E-state index is 12.5. The fourth-order valence-electron chi connectivity index (χ4n) is 3.18. The fourth-order valence-corrected chi connectivity index (χ4v) is 4.17. The Morgan fingerprint density at radius 3 is 2.31 bits per heavy atom. The maximum Gasteiger partial charge on any atom is 0.322 e. The van der Waals surface area contributed by atoms with Crippen molar-refractivity contribution in [1.82, 2.24) is 4.72 Å². The second-order valence-electron chi connectivity index (χ2n) is 7.71. The van der Waals surface area contributed by atoms with Crippen LogP contribution in [-0.4, -0.2) is 37.4 Å². The lowest BCUT2D eigenvalue weighted by molar-refractivity contribution is -0.138. The minimum absolute atomic E-state index is 0.0947. The number of carboxylic acid groups (broad SMARTS) is 1. The summed E-state index contributed by atoms with van der Waals surface area (Å²) in [6.45, 7) is 0. The summed E-state index contributed by atoms with van der Waals surface area (Å²) in [5.41, 5.74) is 13.2. The quantitative estimate of drug-likeness (QED) is 0.207. The van der Waals surface area contributed by atoms with E-state index < -0.39 is 27.9 Å². The topological polar surface area (TPSA) is 177 Å². The molecular weight excluding hydrogens is 482 g/mol. The number of amides is 1. The minimum Gasteiger partial charge on any atom is -0.480 e. The van der Waals surface area contributed by atoms with Gasteiger partial charge in [0.15, 0.2) is 5.96 Å². The zero-order valence-electron chi connectivity index (χ0n) is 19.0. The predicted octanol–water partition coefficient (Wildman–Crippen LogP) is 2.43. The number of hydrogen-bond donors (Lipinski definition) is 5. The van der Waals surface area contributed by atoms with Crippen molar-refractivity contribution in [3.8, 4) is 0 Å². The highest BCUT2D eigenvalue weighted by Gasteiger charge is 2.23. The molecule has 10 nitrogen and oxygen atoms in total. The SMILES string of the molecule is NC(N)=Nc1cccc(C(=O)Nc2ccc(CC(NS(=O)(=O)C=Cc3ccccc3)C(=O)O)cc2)c1. The molecular formula is C25H25N5O5S. The van der Waals surface area contributed by atoms with E-state index in [9.17, 15) is 23.1 Å². The number of hydrogen-bond acceptors (Lipinski definition) is 5. The Morgan fingerprint density at radius 1 is 0.972 bits per heavy atom. The van der Waals surface area contributed by atoms with Crippen LogP contribution in [-0.2, 0) is 21.2 Å². The summed E-state index contributed by atoms with van der Waals surface area (Å²) >= 11 is 0. The van der Waals surface area contributed by atoms with E-state index >= 15 is 0 Å². The van der Waals surface area contributed by atoms with Crippen LogP contribution in [0.25, 0.3) is 6.08 Å². The van der Waals surface area contributed by atoms with Crippen molar-refractivity contribution in [2.75, 3.05) is 5.32 Å². The van der Waals surface area contributed by atoms with Crippen LogP contribution in [0.4, 0.5) is 11.4 Å². The highest BCUT2D eigenvalue weighted by molar-refractivity contribution is 7.92. The molecule has 0 radical (unpaired) electrons. The molecule has 186 valence electrons. The summed E-state index contributed by atoms with van der Waals surface area (Å²) in [6, 6.07) is 20.2. The number of benzene rings is 3. The van der Waals surface area contributed by atoms with Crippen molar-refractivity contribution in [1.29, 1.82) is 0 Å². The summed E-state index contributed by atoms with van der Waals surface area (Å²) in [6.07, 6.45) is 1.29. The number of carbonyl (C=O) groups excluding carboxylic acids is 1. The lowest BCUT2D eigenvalue weighted by Crippen LogP contribution is -2.41. The van der Waals surface area contributed by atoms with Gasteiger partial charge >= 0.3 is 5.97 Å². The number of carbonyl (C=O) groups is 2. The molecule has 0 aromatic heterocycles. The first-order valence-corrected chi connectivity index (χ1v) is 12.2. The van der Waals surface area contributed by atoms with Gasteiger partial charge in [-0.25, -0.2) is 13.4 Å². The van der Waals surface area contributed by atoms with Gasteiger partial charge in [0.1, 0.15) is 6.04 Å². The highest BCUT2D eigenvalue weighted by atomic mass is 32.2. The Bertz CT molecular complexity index is 1380. The van der Waals surface area contributed by atoms with Crippen LogP contribution in [0.2, 0.25) is 0 Å². The van der Waals surface area contributed by atoms with E-state index in [2.05, 4.69) is 15.0 Å². The Balaban J connectivity index is 1.64. The van der Waals surface area contributed by atoms with Crippen LogP contribution >= 0.6 is 0 Å². The van der Waals surface area contributed by atoms with Crippen LogP contribution in [0, 0.1) is 0 Å². The molecule has 0 aliphatic heterocycles. The molecule has 0 spiro atoms. The van der Waals surface area contributed by atoms with Crippen LogP contribution in [0.15, 0.2) is 89.3 Å². The molecule has 0 heterocycles. The molecule has 3 rings (SSSR count). The average molecular weight is 508 g/mol. The normalized spacial score (nSPS) is 12.1.